The van der Waals surface area contributed by atoms with Crippen LogP contribution in [0.4, 0.5) is 19.3 Å². The topological polar surface area (TPSA) is 122 Å². The molecule has 4 aromatic carbocycles. The van der Waals surface area contributed by atoms with E-state index < -0.39 is 37.4 Å². The van der Waals surface area contributed by atoms with Gasteiger partial charge in [-0.1, -0.05) is 36.4 Å². The van der Waals surface area contributed by atoms with E-state index in [0.29, 0.717) is 34.4 Å². The van der Waals surface area contributed by atoms with Crippen LogP contribution in [0.3, 0.4) is 0 Å². The molecule has 0 aliphatic carbocycles. The van der Waals surface area contributed by atoms with Gasteiger partial charge in [0.05, 0.1) is 23.5 Å². The van der Waals surface area contributed by atoms with Gasteiger partial charge in [-0.25, -0.2) is 13.6 Å². The van der Waals surface area contributed by atoms with Crippen molar-refractivity contribution in [1.29, 1.82) is 0 Å². The number of carbonyl (C=O) groups is 1. The van der Waals surface area contributed by atoms with Crippen LogP contribution in [0.1, 0.15) is 36.1 Å². The normalized spacial score (nSPS) is 18.0. The van der Waals surface area contributed by atoms with E-state index in [1.165, 1.54) is 76.5 Å². The summed E-state index contributed by atoms with van der Waals surface area (Å²) in [5, 5.41) is 21.9. The van der Waals surface area contributed by atoms with E-state index >= 15 is 0 Å². The van der Waals surface area contributed by atoms with Crippen molar-refractivity contribution in [1.82, 2.24) is 4.90 Å². The Kier molecular flexibility index (Phi) is 8.17. The van der Waals surface area contributed by atoms with Gasteiger partial charge >= 0.3 is 13.6 Å². The highest BCUT2D eigenvalue weighted by atomic mass is 31.2. The minimum absolute atomic E-state index is 0.115. The van der Waals surface area contributed by atoms with Gasteiger partial charge in [-0.05, 0) is 84.1 Å². The molecule has 0 radical (unpaired) electrons. The second-order valence-corrected chi connectivity index (χ2v) is 11.9. The number of aromatic hydroxyl groups is 1. The van der Waals surface area contributed by atoms with Gasteiger partial charge in [0.1, 0.15) is 17.4 Å². The van der Waals surface area contributed by atoms with E-state index in [0.717, 1.165) is 0 Å². The van der Waals surface area contributed by atoms with Crippen LogP contribution in [0.2, 0.25) is 0 Å². The van der Waals surface area contributed by atoms with Gasteiger partial charge in [0, 0.05) is 18.3 Å². The highest BCUT2D eigenvalue weighted by Gasteiger charge is 2.46. The Hall–Kier alpha value is -4.08. The smallest absolute Gasteiger partial charge is 0.356 e. The second kappa shape index (κ2) is 11.7. The molecule has 0 saturated carbocycles. The summed E-state index contributed by atoms with van der Waals surface area (Å²) >= 11 is 0. The van der Waals surface area contributed by atoms with Gasteiger partial charge in [0.2, 0.25) is 0 Å². The molecule has 2 amide bonds. The molecule has 1 unspecified atom stereocenters. The molecular formula is C31H29F2N2O6P. The Morgan fingerprint density at radius 1 is 0.857 bits per heavy atom. The SMILES string of the molecule is CN1C(=O)N(c2ccc(F)cc2)[C@H](c2ccc(-c3ccc(P(=O)(O)O)cc3)cc2O)[C@H]1CCC(O)c1ccc(F)cc1. The fourth-order valence-electron chi connectivity index (χ4n) is 5.39. The van der Waals surface area contributed by atoms with E-state index in [9.17, 15) is 38.1 Å². The van der Waals surface area contributed by atoms with Crippen LogP contribution in [0.15, 0.2) is 91.0 Å². The zero-order chi connectivity index (χ0) is 30.2. The quantitative estimate of drug-likeness (QED) is 0.196. The maximum absolute atomic E-state index is 13.8. The van der Waals surface area contributed by atoms with Crippen LogP contribution < -0.4 is 10.2 Å². The Labute approximate surface area is 241 Å². The molecule has 1 fully saturated rings. The Morgan fingerprint density at radius 3 is 2.00 bits per heavy atom. The first-order valence-electron chi connectivity index (χ1n) is 13.2. The van der Waals surface area contributed by atoms with Crippen molar-refractivity contribution in [2.75, 3.05) is 11.9 Å². The zero-order valence-corrected chi connectivity index (χ0v) is 23.4. The average molecular weight is 595 g/mol. The van der Waals surface area contributed by atoms with Gasteiger partial charge < -0.3 is 24.9 Å². The molecular weight excluding hydrogens is 565 g/mol. The number of hydrogen-bond donors (Lipinski definition) is 4. The summed E-state index contributed by atoms with van der Waals surface area (Å²) in [5.74, 6) is -0.999. The predicted octanol–water partition coefficient (Wildman–Crippen LogP) is 5.64. The van der Waals surface area contributed by atoms with Crippen molar-refractivity contribution >= 4 is 24.6 Å². The maximum atomic E-state index is 13.8. The Morgan fingerprint density at radius 2 is 1.43 bits per heavy atom. The number of aliphatic hydroxyl groups is 1. The minimum Gasteiger partial charge on any atom is -0.508 e. The van der Waals surface area contributed by atoms with Gasteiger partial charge in [0.15, 0.2) is 0 Å². The molecule has 4 N–H and O–H groups in total. The van der Waals surface area contributed by atoms with Crippen LogP contribution in [-0.4, -0.2) is 44.0 Å². The summed E-state index contributed by atoms with van der Waals surface area (Å²) in [6, 6.07) is 20.1. The lowest BCUT2D eigenvalue weighted by molar-refractivity contribution is 0.148. The number of aliphatic hydroxyl groups excluding tert-OH is 1. The number of amides is 2. The molecule has 0 bridgehead atoms. The molecule has 11 heteroatoms. The molecule has 5 rings (SSSR count). The zero-order valence-electron chi connectivity index (χ0n) is 22.5. The fourth-order valence-corrected chi connectivity index (χ4v) is 5.92. The van der Waals surface area contributed by atoms with Crippen LogP contribution in [0.25, 0.3) is 11.1 Å². The molecule has 3 atom stereocenters. The third-order valence-electron chi connectivity index (χ3n) is 7.63. The largest absolute Gasteiger partial charge is 0.508 e. The summed E-state index contributed by atoms with van der Waals surface area (Å²) in [5.41, 5.74) is 2.59. The number of phenols is 1. The van der Waals surface area contributed by atoms with Crippen LogP contribution in [0.5, 0.6) is 5.75 Å². The third-order valence-corrected chi connectivity index (χ3v) is 8.60. The Balaban J connectivity index is 1.49. The number of likely N-dealkylation sites (N-methyl/N-ethyl adjacent to an activating group) is 1. The Bertz CT molecular complexity index is 1630. The lowest BCUT2D eigenvalue weighted by atomic mass is 9.91. The van der Waals surface area contributed by atoms with Gasteiger partial charge in [-0.15, -0.1) is 0 Å². The van der Waals surface area contributed by atoms with Crippen molar-refractivity contribution in [3.63, 3.8) is 0 Å². The van der Waals surface area contributed by atoms with Crippen molar-refractivity contribution in [2.45, 2.75) is 31.0 Å². The average Bonchev–Trinajstić information content (AvgIpc) is 3.21. The highest BCUT2D eigenvalue weighted by molar-refractivity contribution is 7.60. The summed E-state index contributed by atoms with van der Waals surface area (Å²) < 4.78 is 38.7. The molecule has 1 aliphatic rings. The summed E-state index contributed by atoms with van der Waals surface area (Å²) in [6.45, 7) is 0. The lowest BCUT2D eigenvalue weighted by Crippen LogP contribution is -2.31. The molecule has 42 heavy (non-hydrogen) atoms. The molecule has 1 heterocycles. The number of halogens is 2. The number of phenolic OH excluding ortho intramolecular Hbond substituents is 1. The third kappa shape index (κ3) is 5.93. The minimum atomic E-state index is -4.40. The van der Waals surface area contributed by atoms with Gasteiger partial charge in [0.25, 0.3) is 0 Å². The first-order valence-corrected chi connectivity index (χ1v) is 14.8. The van der Waals surface area contributed by atoms with Crippen LogP contribution in [-0.2, 0) is 4.57 Å². The van der Waals surface area contributed by atoms with Gasteiger partial charge in [-0.3, -0.25) is 9.46 Å². The van der Waals surface area contributed by atoms with Crippen LogP contribution in [0, 0.1) is 11.6 Å². The van der Waals surface area contributed by atoms with Crippen molar-refractivity contribution in [3.8, 4) is 16.9 Å². The molecule has 1 saturated heterocycles. The maximum Gasteiger partial charge on any atom is 0.356 e. The van der Waals surface area contributed by atoms with Crippen molar-refractivity contribution < 1.29 is 38.1 Å². The molecule has 0 aromatic heterocycles. The molecule has 1 aliphatic heterocycles. The summed E-state index contributed by atoms with van der Waals surface area (Å²) in [7, 11) is -2.78. The van der Waals surface area contributed by atoms with E-state index in [4.69, 9.17) is 0 Å². The first-order chi connectivity index (χ1) is 19.9. The molecule has 4 aromatic rings. The second-order valence-electron chi connectivity index (χ2n) is 10.3. The number of benzene rings is 4. The first kappa shape index (κ1) is 29.4. The van der Waals surface area contributed by atoms with E-state index in [1.54, 1.807) is 31.3 Å². The van der Waals surface area contributed by atoms with Crippen molar-refractivity contribution in [3.05, 3.63) is 114 Å². The monoisotopic (exact) mass is 594 g/mol. The number of nitrogens with zero attached hydrogens (tertiary/aromatic N) is 2. The summed E-state index contributed by atoms with van der Waals surface area (Å²) in [4.78, 5) is 35.4. The number of urea groups is 1. The number of rotatable bonds is 8. The fraction of sp³-hybridized carbons (Fsp3) is 0.194. The van der Waals surface area contributed by atoms with Crippen LogP contribution >= 0.6 is 7.60 Å². The summed E-state index contributed by atoms with van der Waals surface area (Å²) in [6.07, 6.45) is -0.345. The van der Waals surface area contributed by atoms with Crippen molar-refractivity contribution in [2.24, 2.45) is 0 Å². The number of anilines is 1. The lowest BCUT2D eigenvalue weighted by Gasteiger charge is -2.29. The molecule has 218 valence electrons. The van der Waals surface area contributed by atoms with E-state index in [2.05, 4.69) is 0 Å². The molecule has 8 nitrogen and oxygen atoms in total. The van der Waals surface area contributed by atoms with E-state index in [-0.39, 0.29) is 23.5 Å². The van der Waals surface area contributed by atoms with Gasteiger partial charge in [-0.2, -0.15) is 0 Å². The predicted molar refractivity (Wildman–Crippen MR) is 154 cm³/mol. The number of carbonyl (C=O) groups excluding carboxylic acids is 1. The standard InChI is InChI=1S/C31H29F2N2O6P/c1-34-27(16-17-28(36)20-2-7-22(32)8-3-20)30(35(31(34)38)24-11-9-23(33)10-12-24)26-15-6-21(18-29(26)37)19-4-13-25(14-5-19)42(39,40)41/h2-15,18,27-28,30,36-37H,16-17H2,1H3,(H2,39,40,41)/t27-,28?,30-/m1/s1. The number of hydrogen-bond acceptors (Lipinski definition) is 4. The van der Waals surface area contributed by atoms with E-state index in [1.807, 2.05) is 0 Å². The highest BCUT2D eigenvalue weighted by Crippen LogP contribution is 2.44. The molecule has 0 spiro atoms.